The maximum absolute atomic E-state index is 14.4. The summed E-state index contributed by atoms with van der Waals surface area (Å²) in [6, 6.07) is 39.5. The molecule has 1 aromatic heterocycles. The van der Waals surface area contributed by atoms with Gasteiger partial charge in [-0.15, -0.1) is 23.1 Å². The van der Waals surface area contributed by atoms with E-state index in [1.54, 1.807) is 54.6 Å². The number of hydrogen-bond donors (Lipinski definition) is 4. The Bertz CT molecular complexity index is 2530. The van der Waals surface area contributed by atoms with Gasteiger partial charge in [-0.05, 0) is 71.7 Å². The van der Waals surface area contributed by atoms with Gasteiger partial charge in [0.2, 0.25) is 5.91 Å². The van der Waals surface area contributed by atoms with E-state index in [1.165, 1.54) is 61.1 Å². The van der Waals surface area contributed by atoms with Gasteiger partial charge in [-0.2, -0.15) is 0 Å². The monoisotopic (exact) mass is 838 g/mol. The van der Waals surface area contributed by atoms with E-state index in [0.29, 0.717) is 51.0 Å². The Morgan fingerprint density at radius 3 is 2.28 bits per heavy atom. The van der Waals surface area contributed by atoms with Crippen LogP contribution < -0.4 is 20.7 Å². The molecule has 0 spiro atoms. The average Bonchev–Trinajstić information content (AvgIpc) is 3.63. The van der Waals surface area contributed by atoms with Crippen LogP contribution >= 0.6 is 23.1 Å². The first kappa shape index (κ1) is 41.5. The van der Waals surface area contributed by atoms with Crippen molar-refractivity contribution in [2.75, 3.05) is 31.4 Å². The van der Waals surface area contributed by atoms with Crippen LogP contribution in [0, 0.1) is 0 Å². The number of phenols is 1. The highest BCUT2D eigenvalue weighted by Gasteiger charge is 2.31. The number of benzene rings is 5. The Hall–Kier alpha value is -6.67. The second-order valence-electron chi connectivity index (χ2n) is 13.8. The first-order chi connectivity index (χ1) is 29.2. The van der Waals surface area contributed by atoms with Crippen molar-refractivity contribution in [2.24, 2.45) is 0 Å². The SMILES string of the molecule is COC(=O)c1c(NC(=O)C(Sc2cccc(NC(=O)/C(=C\c3ccc(O)cc3OC)NC(=O)c3ccccc3)c2)c2ccccc2)sc2c1CCN(Cc1ccccc1)C2. The van der Waals surface area contributed by atoms with Crippen LogP contribution in [0.1, 0.15) is 53.1 Å². The van der Waals surface area contributed by atoms with Crippen LogP contribution in [0.25, 0.3) is 6.08 Å². The summed E-state index contributed by atoms with van der Waals surface area (Å²) in [5.41, 5.74) is 4.36. The van der Waals surface area contributed by atoms with Crippen LogP contribution in [-0.2, 0) is 33.8 Å². The molecule has 0 fully saturated rings. The number of esters is 1. The number of aromatic hydroxyl groups is 1. The molecule has 11 nitrogen and oxygen atoms in total. The summed E-state index contributed by atoms with van der Waals surface area (Å²) < 4.78 is 10.6. The number of nitrogens with zero attached hydrogens (tertiary/aromatic N) is 1. The lowest BCUT2D eigenvalue weighted by molar-refractivity contribution is -0.116. The second-order valence-corrected chi connectivity index (χ2v) is 16.1. The summed E-state index contributed by atoms with van der Waals surface area (Å²) in [5.74, 6) is -1.67. The molecule has 0 saturated carbocycles. The minimum Gasteiger partial charge on any atom is -0.508 e. The summed E-state index contributed by atoms with van der Waals surface area (Å²) in [6.07, 6.45) is 2.11. The Morgan fingerprint density at radius 2 is 1.57 bits per heavy atom. The fourth-order valence-electron chi connectivity index (χ4n) is 6.82. The first-order valence-electron chi connectivity index (χ1n) is 19.1. The molecule has 3 amide bonds. The molecule has 4 N–H and O–H groups in total. The standard InChI is InChI=1S/C47H42N4O7S2/c1-57-39-27-35(52)22-21-33(39)25-38(49-43(53)32-17-10-5-11-18-32)44(54)48-34-19-12-20-36(26-34)59-42(31-15-8-4-9-16-31)45(55)50-46-41(47(56)58-2)37-23-24-51(29-40(37)60-46)28-30-13-6-3-7-14-30/h3-22,25-27,42,52H,23-24,28-29H2,1-2H3,(H,48,54)(H,49,53)(H,50,55)/b38-25+. The molecule has 13 heteroatoms. The quantitative estimate of drug-likeness (QED) is 0.0481. The number of amides is 3. The molecule has 1 unspecified atom stereocenters. The van der Waals surface area contributed by atoms with Gasteiger partial charge in [0.25, 0.3) is 11.8 Å². The summed E-state index contributed by atoms with van der Waals surface area (Å²) in [6.45, 7) is 2.17. The lowest BCUT2D eigenvalue weighted by Crippen LogP contribution is -2.30. The van der Waals surface area contributed by atoms with Crippen molar-refractivity contribution < 1.29 is 33.8 Å². The molecule has 0 radical (unpaired) electrons. The van der Waals surface area contributed by atoms with Gasteiger partial charge in [-0.3, -0.25) is 19.3 Å². The summed E-state index contributed by atoms with van der Waals surface area (Å²) >= 11 is 2.68. The number of rotatable bonds is 14. The molecule has 1 aliphatic heterocycles. The van der Waals surface area contributed by atoms with Gasteiger partial charge < -0.3 is 30.5 Å². The summed E-state index contributed by atoms with van der Waals surface area (Å²) in [5, 5.41) is 18.4. The van der Waals surface area contributed by atoms with E-state index in [4.69, 9.17) is 9.47 Å². The van der Waals surface area contributed by atoms with Gasteiger partial charge in [0.05, 0.1) is 19.8 Å². The minimum atomic E-state index is -0.751. The zero-order valence-corrected chi connectivity index (χ0v) is 34.5. The number of nitrogens with one attached hydrogen (secondary N) is 3. The lowest BCUT2D eigenvalue weighted by Gasteiger charge is -2.27. The predicted octanol–water partition coefficient (Wildman–Crippen LogP) is 8.69. The molecule has 0 aliphatic carbocycles. The number of methoxy groups -OCH3 is 2. The van der Waals surface area contributed by atoms with Crippen molar-refractivity contribution in [1.82, 2.24) is 10.2 Å². The van der Waals surface area contributed by atoms with E-state index in [-0.39, 0.29) is 17.4 Å². The number of carbonyl (C=O) groups excluding carboxylic acids is 4. The van der Waals surface area contributed by atoms with Crippen LogP contribution in [0.4, 0.5) is 10.7 Å². The third kappa shape index (κ3) is 10.1. The van der Waals surface area contributed by atoms with Crippen molar-refractivity contribution in [3.8, 4) is 11.5 Å². The molecule has 1 atom stereocenters. The number of fused-ring (bicyclic) bond motifs is 1. The number of thioether (sulfide) groups is 1. The van der Waals surface area contributed by atoms with Gasteiger partial charge in [-0.25, -0.2) is 4.79 Å². The number of anilines is 2. The molecule has 0 saturated heterocycles. The van der Waals surface area contributed by atoms with Crippen molar-refractivity contribution in [1.29, 1.82) is 0 Å². The molecule has 6 aromatic rings. The van der Waals surface area contributed by atoms with E-state index >= 15 is 0 Å². The Labute approximate surface area is 356 Å². The Balaban J connectivity index is 1.13. The highest BCUT2D eigenvalue weighted by Crippen LogP contribution is 2.41. The maximum atomic E-state index is 14.4. The third-order valence-electron chi connectivity index (χ3n) is 9.74. The maximum Gasteiger partial charge on any atom is 0.341 e. The largest absolute Gasteiger partial charge is 0.508 e. The third-order valence-corrected chi connectivity index (χ3v) is 12.1. The number of phenolic OH excluding ortho intramolecular Hbond substituents is 1. The zero-order valence-electron chi connectivity index (χ0n) is 32.8. The lowest BCUT2D eigenvalue weighted by atomic mass is 10.0. The van der Waals surface area contributed by atoms with E-state index < -0.39 is 23.0 Å². The van der Waals surface area contributed by atoms with E-state index in [2.05, 4.69) is 33.0 Å². The smallest absolute Gasteiger partial charge is 0.341 e. The molecular weight excluding hydrogens is 797 g/mol. The molecule has 1 aliphatic rings. The van der Waals surface area contributed by atoms with Crippen molar-refractivity contribution in [3.05, 3.63) is 177 Å². The fraction of sp³-hybridized carbons (Fsp3) is 0.149. The van der Waals surface area contributed by atoms with Crippen molar-refractivity contribution in [2.45, 2.75) is 29.7 Å². The average molecular weight is 839 g/mol. The molecule has 5 aromatic carbocycles. The van der Waals surface area contributed by atoms with Crippen LogP contribution in [0.2, 0.25) is 0 Å². The number of hydrogen-bond acceptors (Lipinski definition) is 10. The van der Waals surface area contributed by atoms with Gasteiger partial charge in [0.15, 0.2) is 0 Å². The topological polar surface area (TPSA) is 146 Å². The van der Waals surface area contributed by atoms with E-state index in [1.807, 2.05) is 54.6 Å². The number of ether oxygens (including phenoxy) is 2. The predicted molar refractivity (Wildman–Crippen MR) is 235 cm³/mol. The van der Waals surface area contributed by atoms with Gasteiger partial charge >= 0.3 is 5.97 Å². The number of carbonyl (C=O) groups is 4. The first-order valence-corrected chi connectivity index (χ1v) is 20.8. The van der Waals surface area contributed by atoms with Gasteiger partial charge in [0, 0.05) is 52.3 Å². The molecule has 0 bridgehead atoms. The van der Waals surface area contributed by atoms with Gasteiger partial charge in [-0.1, -0.05) is 84.9 Å². The Kier molecular flexibility index (Phi) is 13.4. The van der Waals surface area contributed by atoms with Crippen LogP contribution in [0.3, 0.4) is 0 Å². The number of thiophene rings is 1. The zero-order chi connectivity index (χ0) is 42.0. The molecule has 2 heterocycles. The summed E-state index contributed by atoms with van der Waals surface area (Å²) in [4.78, 5) is 58.8. The van der Waals surface area contributed by atoms with E-state index in [9.17, 15) is 24.3 Å². The highest BCUT2D eigenvalue weighted by molar-refractivity contribution is 8.00. The highest BCUT2D eigenvalue weighted by atomic mass is 32.2. The fourth-order valence-corrected chi connectivity index (χ4v) is 9.18. The van der Waals surface area contributed by atoms with Crippen molar-refractivity contribution >= 4 is 63.6 Å². The van der Waals surface area contributed by atoms with E-state index in [0.717, 1.165) is 29.1 Å². The van der Waals surface area contributed by atoms with Crippen LogP contribution in [0.5, 0.6) is 11.5 Å². The van der Waals surface area contributed by atoms with Crippen LogP contribution in [-0.4, -0.2) is 54.5 Å². The molecular formula is C47H42N4O7S2. The minimum absolute atomic E-state index is 0.0237. The van der Waals surface area contributed by atoms with Gasteiger partial charge in [0.1, 0.15) is 27.4 Å². The molecule has 60 heavy (non-hydrogen) atoms. The molecule has 7 rings (SSSR count). The normalized spacial score (nSPS) is 13.1. The Morgan fingerprint density at radius 1 is 0.850 bits per heavy atom. The van der Waals surface area contributed by atoms with Crippen LogP contribution in [0.15, 0.2) is 144 Å². The summed E-state index contributed by atoms with van der Waals surface area (Å²) in [7, 11) is 2.78. The van der Waals surface area contributed by atoms with Crippen molar-refractivity contribution in [3.63, 3.8) is 0 Å². The molecule has 304 valence electrons. The second kappa shape index (κ2) is 19.4.